The number of rotatable bonds is 25. The number of hydrogen-bond donors (Lipinski definition) is 8. The van der Waals surface area contributed by atoms with Crippen LogP contribution in [0, 0.1) is 5.92 Å². The summed E-state index contributed by atoms with van der Waals surface area (Å²) in [7, 11) is 2.72. The highest BCUT2D eigenvalue weighted by Crippen LogP contribution is 2.39. The normalized spacial score (nSPS) is 17.1. The van der Waals surface area contributed by atoms with Crippen molar-refractivity contribution in [1.82, 2.24) is 31.1 Å². The lowest BCUT2D eigenvalue weighted by Crippen LogP contribution is -2.56. The van der Waals surface area contributed by atoms with Crippen LogP contribution >= 0.6 is 0 Å². The van der Waals surface area contributed by atoms with Gasteiger partial charge in [0.05, 0.1) is 13.2 Å². The van der Waals surface area contributed by atoms with E-state index in [1.54, 1.807) is 0 Å². The molecule has 17 nitrogen and oxygen atoms in total. The zero-order chi connectivity index (χ0) is 48.9. The lowest BCUT2D eigenvalue weighted by molar-refractivity contribution is -0.143. The lowest BCUT2D eigenvalue weighted by atomic mass is 9.93. The number of amides is 6. The Hall–Kier alpha value is -5.71. The number of unbranched alkanes of at least 4 members (excludes halogenated alkanes) is 12. The summed E-state index contributed by atoms with van der Waals surface area (Å²) in [5.41, 5.74) is 0.754. The number of likely N-dealkylation sites (N-methyl/N-ethyl adjacent to an activating group) is 2. The first-order chi connectivity index (χ1) is 31.4. The van der Waals surface area contributed by atoms with Crippen molar-refractivity contribution in [2.45, 2.75) is 161 Å². The molecule has 66 heavy (non-hydrogen) atoms. The molecule has 8 N–H and O–H groups in total. The molecule has 0 aliphatic carbocycles. The second-order valence-corrected chi connectivity index (χ2v) is 18.0. The Morgan fingerprint density at radius 1 is 0.742 bits per heavy atom. The van der Waals surface area contributed by atoms with Crippen molar-refractivity contribution in [3.63, 3.8) is 0 Å². The molecule has 17 heteroatoms. The van der Waals surface area contributed by atoms with E-state index in [1.165, 1.54) is 120 Å². The number of nitrogens with one attached hydrogen (secondary N) is 4. The molecule has 1 aliphatic rings. The molecule has 366 valence electrons. The standard InChI is InChI=1S/C49H74N6O11/c1-7-8-9-10-11-12-13-14-15-16-17-18-19-20-42(59)54(5)39(30-56)47(63)51-32(4)45(61)50-29-43(60)55(6)44-34-22-24-41(58)36(28-34)35-26-33(21-23-40(35)57)27-38(49(65)66)53-46(62)37(25-31(2)3)52-48(44)64/h21-24,26,28,31-32,37-39,44,56-58H,7-20,25,27,29-30H2,1-6H3,(H,50,61)(H,51,63)(H,52,64)(H,53,62)(H,65,66)/t32-,37+,38+,39-,44+/m1/s1. The number of benzene rings is 2. The Morgan fingerprint density at radius 3 is 1.86 bits per heavy atom. The lowest BCUT2D eigenvalue weighted by Gasteiger charge is -2.31. The number of aromatic hydroxyl groups is 2. The van der Waals surface area contributed by atoms with Crippen molar-refractivity contribution >= 4 is 41.4 Å². The van der Waals surface area contributed by atoms with Gasteiger partial charge in [-0.15, -0.1) is 0 Å². The Kier molecular flexibility index (Phi) is 22.9. The average Bonchev–Trinajstić information content (AvgIpc) is 3.27. The minimum atomic E-state index is -1.48. The van der Waals surface area contributed by atoms with E-state index < -0.39 is 78.9 Å². The van der Waals surface area contributed by atoms with Gasteiger partial charge in [-0.1, -0.05) is 110 Å². The highest BCUT2D eigenvalue weighted by atomic mass is 16.4. The number of carbonyl (C=O) groups excluding carboxylic acids is 6. The van der Waals surface area contributed by atoms with Crippen LogP contribution < -0.4 is 21.3 Å². The Labute approximate surface area is 389 Å². The first-order valence-electron chi connectivity index (χ1n) is 23.6. The summed E-state index contributed by atoms with van der Waals surface area (Å²) < 4.78 is 0. The molecular formula is C49H74N6O11. The maximum absolute atomic E-state index is 14.3. The zero-order valence-electron chi connectivity index (χ0n) is 39.7. The van der Waals surface area contributed by atoms with Gasteiger partial charge in [0.1, 0.15) is 41.7 Å². The van der Waals surface area contributed by atoms with Crippen LogP contribution in [0.4, 0.5) is 0 Å². The smallest absolute Gasteiger partial charge is 0.326 e. The monoisotopic (exact) mass is 923 g/mol. The molecule has 3 rings (SSSR count). The topological polar surface area (TPSA) is 255 Å². The molecule has 0 fully saturated rings. The van der Waals surface area contributed by atoms with E-state index >= 15 is 0 Å². The van der Waals surface area contributed by atoms with Gasteiger partial charge in [-0.05, 0) is 61.1 Å². The van der Waals surface area contributed by atoms with Crippen molar-refractivity contribution in [2.24, 2.45) is 5.92 Å². The Morgan fingerprint density at radius 2 is 1.30 bits per heavy atom. The largest absolute Gasteiger partial charge is 0.507 e. The van der Waals surface area contributed by atoms with Crippen LogP contribution in [0.2, 0.25) is 0 Å². The fourth-order valence-corrected chi connectivity index (χ4v) is 8.06. The van der Waals surface area contributed by atoms with Crippen LogP contribution in [-0.4, -0.2) is 123 Å². The summed E-state index contributed by atoms with van der Waals surface area (Å²) in [6, 6.07) is 1.76. The maximum Gasteiger partial charge on any atom is 0.326 e. The molecule has 2 aromatic carbocycles. The molecule has 0 unspecified atom stereocenters. The molecule has 0 radical (unpaired) electrons. The SMILES string of the molecule is CCCCCCCCCCCCCCCC(=O)N(C)[C@H](CO)C(=O)N[C@H](C)C(=O)NCC(=O)N(C)[C@@H]1C(=O)N[C@@H](CC(C)C)C(=O)N[C@H](C(=O)O)Cc2ccc(O)c(c2)-c2cc1ccc2O. The molecule has 0 saturated heterocycles. The van der Waals surface area contributed by atoms with Gasteiger partial charge in [-0.2, -0.15) is 0 Å². The van der Waals surface area contributed by atoms with Crippen LogP contribution in [0.25, 0.3) is 11.1 Å². The summed E-state index contributed by atoms with van der Waals surface area (Å²) in [4.78, 5) is 95.6. The van der Waals surface area contributed by atoms with Gasteiger partial charge < -0.3 is 51.5 Å². The van der Waals surface area contributed by atoms with Gasteiger partial charge in [0.25, 0.3) is 0 Å². The molecule has 1 aliphatic heterocycles. The molecule has 2 aromatic rings. The average molecular weight is 923 g/mol. The van der Waals surface area contributed by atoms with Crippen LogP contribution in [0.1, 0.15) is 141 Å². The van der Waals surface area contributed by atoms with Gasteiger partial charge in [-0.3, -0.25) is 28.8 Å². The van der Waals surface area contributed by atoms with Gasteiger partial charge in [-0.25, -0.2) is 4.79 Å². The maximum atomic E-state index is 14.3. The summed E-state index contributed by atoms with van der Waals surface area (Å²) in [6.45, 7) is 5.88. The van der Waals surface area contributed by atoms with Crippen LogP contribution in [0.3, 0.4) is 0 Å². The van der Waals surface area contributed by atoms with Crippen molar-refractivity contribution in [2.75, 3.05) is 27.2 Å². The van der Waals surface area contributed by atoms with Crippen molar-refractivity contribution < 1.29 is 54.0 Å². The number of phenolic OH excluding ortho intramolecular Hbond substituents is 2. The molecule has 0 aromatic heterocycles. The quantitative estimate of drug-likeness (QED) is 0.0626. The summed E-state index contributed by atoms with van der Waals surface area (Å²) >= 11 is 0. The number of carbonyl (C=O) groups is 7. The van der Waals surface area contributed by atoms with E-state index in [0.29, 0.717) is 12.0 Å². The highest BCUT2D eigenvalue weighted by molar-refractivity contribution is 5.96. The number of nitrogens with zero attached hydrogens (tertiary/aromatic N) is 2. The second-order valence-electron chi connectivity index (χ2n) is 18.0. The summed E-state index contributed by atoms with van der Waals surface area (Å²) in [5.74, 6) is -6.26. The molecule has 4 bridgehead atoms. The van der Waals surface area contributed by atoms with Crippen molar-refractivity contribution in [3.8, 4) is 22.6 Å². The van der Waals surface area contributed by atoms with E-state index in [9.17, 15) is 54.0 Å². The number of aliphatic hydroxyl groups is 1. The van der Waals surface area contributed by atoms with Crippen molar-refractivity contribution in [3.05, 3.63) is 47.5 Å². The third-order valence-electron chi connectivity index (χ3n) is 12.1. The molecule has 0 spiro atoms. The van der Waals surface area contributed by atoms with Gasteiger partial charge in [0, 0.05) is 38.1 Å². The van der Waals surface area contributed by atoms with E-state index in [0.717, 1.165) is 24.2 Å². The zero-order valence-corrected chi connectivity index (χ0v) is 39.7. The third-order valence-corrected chi connectivity index (χ3v) is 12.1. The molecule has 5 atom stereocenters. The Balaban J connectivity index is 1.66. The number of carboxylic acid groups (broad SMARTS) is 1. The van der Waals surface area contributed by atoms with Crippen LogP contribution in [0.15, 0.2) is 36.4 Å². The third kappa shape index (κ3) is 16.9. The van der Waals surface area contributed by atoms with Crippen molar-refractivity contribution in [1.29, 1.82) is 0 Å². The number of hydrogen-bond acceptors (Lipinski definition) is 10. The number of aliphatic carboxylic acids is 1. The second kappa shape index (κ2) is 27.7. The fraction of sp³-hybridized carbons (Fsp3) is 0.612. The first-order valence-corrected chi connectivity index (χ1v) is 23.6. The van der Waals surface area contributed by atoms with E-state index in [2.05, 4.69) is 28.2 Å². The van der Waals surface area contributed by atoms with E-state index in [-0.39, 0.29) is 59.3 Å². The highest BCUT2D eigenvalue weighted by Gasteiger charge is 2.35. The molecule has 1 heterocycles. The Bertz CT molecular complexity index is 1960. The molecule has 6 amide bonds. The number of fused-ring (bicyclic) bond motifs is 5. The van der Waals surface area contributed by atoms with Gasteiger partial charge in [0.15, 0.2) is 0 Å². The minimum absolute atomic E-state index is 0.0724. The van der Waals surface area contributed by atoms with Crippen LogP contribution in [-0.2, 0) is 40.0 Å². The fourth-order valence-electron chi connectivity index (χ4n) is 8.06. The van der Waals surface area contributed by atoms with Gasteiger partial charge in [0.2, 0.25) is 35.4 Å². The van der Waals surface area contributed by atoms with E-state index in [1.807, 2.05) is 13.8 Å². The van der Waals surface area contributed by atoms with Crippen LogP contribution in [0.5, 0.6) is 11.5 Å². The molecule has 0 saturated carbocycles. The minimum Gasteiger partial charge on any atom is -0.507 e. The molecular weight excluding hydrogens is 849 g/mol. The van der Waals surface area contributed by atoms with Gasteiger partial charge >= 0.3 is 5.97 Å². The first kappa shape index (κ1) is 54.6. The number of carboxylic acids is 1. The predicted octanol–water partition coefficient (Wildman–Crippen LogP) is 4.84. The number of phenols is 2. The summed E-state index contributed by atoms with van der Waals surface area (Å²) in [5, 5.41) is 52.0. The number of aliphatic hydroxyl groups excluding tert-OH is 1. The summed E-state index contributed by atoms with van der Waals surface area (Å²) in [6.07, 6.45) is 15.2. The van der Waals surface area contributed by atoms with E-state index in [4.69, 9.17) is 0 Å². The predicted molar refractivity (Wildman–Crippen MR) is 250 cm³/mol.